The predicted molar refractivity (Wildman–Crippen MR) is 63.5 cm³/mol. The number of carbonyl (C=O) groups excluding carboxylic acids is 1. The van der Waals surface area contributed by atoms with Crippen molar-refractivity contribution in [2.75, 3.05) is 0 Å². The van der Waals surface area contributed by atoms with Crippen LogP contribution in [0.1, 0.15) is 25.2 Å². The maximum Gasteiger partial charge on any atom is 0.345 e. The molecule has 0 bridgehead atoms. The highest BCUT2D eigenvalue weighted by Crippen LogP contribution is 2.16. The fourth-order valence-electron chi connectivity index (χ4n) is 1.29. The molecule has 94 valence electrons. The van der Waals surface area contributed by atoms with E-state index >= 15 is 0 Å². The van der Waals surface area contributed by atoms with Crippen molar-refractivity contribution in [1.82, 2.24) is 20.1 Å². The first kappa shape index (κ1) is 12.2. The van der Waals surface area contributed by atoms with Gasteiger partial charge in [0.1, 0.15) is 11.2 Å². The molecule has 0 unspecified atom stereocenters. The third-order valence-corrected chi connectivity index (χ3v) is 3.17. The van der Waals surface area contributed by atoms with Crippen LogP contribution in [0, 0.1) is 0 Å². The van der Waals surface area contributed by atoms with Crippen molar-refractivity contribution in [2.45, 2.75) is 6.54 Å². The summed E-state index contributed by atoms with van der Waals surface area (Å²) in [5.74, 6) is -0.869. The fourth-order valence-corrected chi connectivity index (χ4v) is 2.05. The Kier molecular flexibility index (Phi) is 3.38. The van der Waals surface area contributed by atoms with E-state index in [1.54, 1.807) is 7.05 Å². The van der Waals surface area contributed by atoms with Crippen LogP contribution >= 0.6 is 11.3 Å². The molecule has 18 heavy (non-hydrogen) atoms. The monoisotopic (exact) mass is 266 g/mol. The summed E-state index contributed by atoms with van der Waals surface area (Å²) in [7, 11) is 1.73. The second-order valence-corrected chi connectivity index (χ2v) is 4.57. The second-order valence-electron chi connectivity index (χ2n) is 3.49. The number of aryl methyl sites for hydroxylation is 1. The summed E-state index contributed by atoms with van der Waals surface area (Å²) in [6, 6.07) is 2.89. The van der Waals surface area contributed by atoms with Gasteiger partial charge in [-0.15, -0.1) is 11.3 Å². The van der Waals surface area contributed by atoms with E-state index in [-0.39, 0.29) is 17.3 Å². The van der Waals surface area contributed by atoms with E-state index < -0.39 is 5.97 Å². The number of thiophene rings is 1. The van der Waals surface area contributed by atoms with E-state index in [4.69, 9.17) is 5.11 Å². The summed E-state index contributed by atoms with van der Waals surface area (Å²) in [4.78, 5) is 26.8. The number of carboxylic acids is 1. The molecule has 0 spiro atoms. The lowest BCUT2D eigenvalue weighted by atomic mass is 10.4. The standard InChI is InChI=1S/C10H10N4O3S/c1-14-5-12-8(13-14)4-11-9(15)6-2-3-7(18-6)10(16)17/h2-3,5H,4H2,1H3,(H,11,15)(H,16,17). The SMILES string of the molecule is Cn1cnc(CNC(=O)c2ccc(C(=O)O)s2)n1. The van der Waals surface area contributed by atoms with Gasteiger partial charge in [0, 0.05) is 7.05 Å². The molecular formula is C10H10N4O3S. The van der Waals surface area contributed by atoms with Crippen molar-refractivity contribution in [3.05, 3.63) is 34.0 Å². The lowest BCUT2D eigenvalue weighted by Crippen LogP contribution is -2.22. The molecule has 2 rings (SSSR count). The first-order valence-electron chi connectivity index (χ1n) is 5.02. The number of rotatable bonds is 4. The van der Waals surface area contributed by atoms with Crippen molar-refractivity contribution in [1.29, 1.82) is 0 Å². The summed E-state index contributed by atoms with van der Waals surface area (Å²) in [6.45, 7) is 0.208. The van der Waals surface area contributed by atoms with Crippen LogP contribution in [0.5, 0.6) is 0 Å². The third-order valence-electron chi connectivity index (χ3n) is 2.09. The normalized spacial score (nSPS) is 10.3. The van der Waals surface area contributed by atoms with Gasteiger partial charge in [-0.3, -0.25) is 9.48 Å². The smallest absolute Gasteiger partial charge is 0.345 e. The van der Waals surface area contributed by atoms with Crippen molar-refractivity contribution in [2.24, 2.45) is 7.05 Å². The first-order valence-corrected chi connectivity index (χ1v) is 5.84. The quantitative estimate of drug-likeness (QED) is 0.840. The van der Waals surface area contributed by atoms with Gasteiger partial charge in [0.05, 0.1) is 11.4 Å². The van der Waals surface area contributed by atoms with E-state index in [1.807, 2.05) is 0 Å². The Bertz CT molecular complexity index is 589. The highest BCUT2D eigenvalue weighted by atomic mass is 32.1. The molecule has 2 N–H and O–H groups in total. The van der Waals surface area contributed by atoms with Crippen LogP contribution in [0.15, 0.2) is 18.5 Å². The predicted octanol–water partition coefficient (Wildman–Crippen LogP) is 0.505. The van der Waals surface area contributed by atoms with Crippen molar-refractivity contribution < 1.29 is 14.7 Å². The number of aromatic carboxylic acids is 1. The van der Waals surface area contributed by atoms with Gasteiger partial charge in [0.15, 0.2) is 5.82 Å². The zero-order chi connectivity index (χ0) is 13.1. The molecule has 0 radical (unpaired) electrons. The Hall–Kier alpha value is -2.22. The summed E-state index contributed by atoms with van der Waals surface area (Å²) < 4.78 is 1.54. The van der Waals surface area contributed by atoms with E-state index in [0.29, 0.717) is 10.7 Å². The van der Waals surface area contributed by atoms with Crippen LogP contribution in [0.2, 0.25) is 0 Å². The van der Waals surface area contributed by atoms with Crippen molar-refractivity contribution in [3.8, 4) is 0 Å². The van der Waals surface area contributed by atoms with Gasteiger partial charge in [-0.1, -0.05) is 0 Å². The molecule has 7 nitrogen and oxygen atoms in total. The molecule has 0 aromatic carbocycles. The molecule has 0 aliphatic rings. The summed E-state index contributed by atoms with van der Waals surface area (Å²) in [5.41, 5.74) is 0. The van der Waals surface area contributed by atoms with Crippen LogP contribution < -0.4 is 5.32 Å². The van der Waals surface area contributed by atoms with E-state index in [0.717, 1.165) is 11.3 Å². The van der Waals surface area contributed by atoms with Crippen LogP contribution in [-0.2, 0) is 13.6 Å². The van der Waals surface area contributed by atoms with Crippen LogP contribution in [0.4, 0.5) is 0 Å². The number of amides is 1. The summed E-state index contributed by atoms with van der Waals surface area (Å²) >= 11 is 0.932. The second kappa shape index (κ2) is 4.96. The first-order chi connectivity index (χ1) is 8.56. The molecule has 2 heterocycles. The molecule has 0 atom stereocenters. The minimum Gasteiger partial charge on any atom is -0.477 e. The zero-order valence-electron chi connectivity index (χ0n) is 9.45. The molecule has 0 fully saturated rings. The van der Waals surface area contributed by atoms with E-state index in [1.165, 1.54) is 23.1 Å². The van der Waals surface area contributed by atoms with Crippen molar-refractivity contribution >= 4 is 23.2 Å². The molecule has 2 aromatic heterocycles. The average Bonchev–Trinajstić information content (AvgIpc) is 2.94. The van der Waals surface area contributed by atoms with Crippen LogP contribution in [0.25, 0.3) is 0 Å². The van der Waals surface area contributed by atoms with E-state index in [2.05, 4.69) is 15.4 Å². The molecule has 8 heteroatoms. The van der Waals surface area contributed by atoms with Crippen molar-refractivity contribution in [3.63, 3.8) is 0 Å². The molecule has 0 aliphatic heterocycles. The van der Waals surface area contributed by atoms with Crippen LogP contribution in [0.3, 0.4) is 0 Å². The third kappa shape index (κ3) is 2.72. The topological polar surface area (TPSA) is 97.1 Å². The number of hydrogen-bond donors (Lipinski definition) is 2. The Labute approximate surface area is 106 Å². The van der Waals surface area contributed by atoms with E-state index in [9.17, 15) is 9.59 Å². The van der Waals surface area contributed by atoms with Gasteiger partial charge >= 0.3 is 5.97 Å². The van der Waals surface area contributed by atoms with Gasteiger partial charge < -0.3 is 10.4 Å². The Morgan fingerprint density at radius 1 is 1.44 bits per heavy atom. The molecule has 1 amide bonds. The summed E-state index contributed by atoms with van der Waals surface area (Å²) in [5, 5.41) is 15.4. The highest BCUT2D eigenvalue weighted by molar-refractivity contribution is 7.15. The number of aromatic nitrogens is 3. The highest BCUT2D eigenvalue weighted by Gasteiger charge is 2.13. The fraction of sp³-hybridized carbons (Fsp3) is 0.200. The molecule has 0 saturated heterocycles. The zero-order valence-corrected chi connectivity index (χ0v) is 10.3. The number of nitrogens with zero attached hydrogens (tertiary/aromatic N) is 3. The van der Waals surface area contributed by atoms with Gasteiger partial charge in [-0.2, -0.15) is 5.10 Å². The maximum atomic E-state index is 11.7. The summed E-state index contributed by atoms with van der Waals surface area (Å²) in [6.07, 6.45) is 1.54. The number of nitrogens with one attached hydrogen (secondary N) is 1. The minimum absolute atomic E-state index is 0.135. The minimum atomic E-state index is -1.04. The largest absolute Gasteiger partial charge is 0.477 e. The molecule has 0 aliphatic carbocycles. The van der Waals surface area contributed by atoms with Gasteiger partial charge in [0.25, 0.3) is 5.91 Å². The molecule has 2 aromatic rings. The Morgan fingerprint density at radius 2 is 2.17 bits per heavy atom. The van der Waals surface area contributed by atoms with Gasteiger partial charge in [-0.25, -0.2) is 9.78 Å². The number of hydrogen-bond acceptors (Lipinski definition) is 5. The molecule has 0 saturated carbocycles. The van der Waals surface area contributed by atoms with Crippen LogP contribution in [-0.4, -0.2) is 31.7 Å². The lowest BCUT2D eigenvalue weighted by Gasteiger charge is -1.99. The van der Waals surface area contributed by atoms with Gasteiger partial charge in [0.2, 0.25) is 0 Å². The number of carbonyl (C=O) groups is 2. The number of carboxylic acid groups (broad SMARTS) is 1. The van der Waals surface area contributed by atoms with Gasteiger partial charge in [-0.05, 0) is 12.1 Å². The Morgan fingerprint density at radius 3 is 2.72 bits per heavy atom. The maximum absolute atomic E-state index is 11.7. The average molecular weight is 266 g/mol. The molecular weight excluding hydrogens is 256 g/mol. The lowest BCUT2D eigenvalue weighted by molar-refractivity contribution is 0.0702. The Balaban J connectivity index is 1.97.